The molecule has 0 aromatic heterocycles. The van der Waals surface area contributed by atoms with Crippen molar-refractivity contribution in [3.8, 4) is 0 Å². The summed E-state index contributed by atoms with van der Waals surface area (Å²) in [5.41, 5.74) is 5.70. The Kier molecular flexibility index (Phi) is 2.81. The minimum atomic E-state index is -0.580. The molecule has 1 aliphatic carbocycles. The number of hydrogen-bond acceptors (Lipinski definition) is 2. The van der Waals surface area contributed by atoms with Crippen molar-refractivity contribution in [3.63, 3.8) is 0 Å². The molecule has 1 aliphatic rings. The van der Waals surface area contributed by atoms with Gasteiger partial charge in [-0.2, -0.15) is 0 Å². The van der Waals surface area contributed by atoms with Crippen LogP contribution in [0.3, 0.4) is 0 Å². The van der Waals surface area contributed by atoms with E-state index < -0.39 is 5.54 Å². The Morgan fingerprint density at radius 1 is 1.46 bits per heavy atom. The molecular weight excluding hydrogens is 162 g/mol. The van der Waals surface area contributed by atoms with Gasteiger partial charge in [-0.3, -0.25) is 4.79 Å². The molecule has 0 heterocycles. The molecular formula is C11H21NO. The first-order valence-electron chi connectivity index (χ1n) is 5.26. The van der Waals surface area contributed by atoms with Crippen molar-refractivity contribution in [2.24, 2.45) is 11.1 Å². The zero-order valence-electron chi connectivity index (χ0n) is 9.02. The van der Waals surface area contributed by atoms with Gasteiger partial charge in [-0.15, -0.1) is 0 Å². The zero-order chi connectivity index (χ0) is 10.1. The molecule has 2 heteroatoms. The summed E-state index contributed by atoms with van der Waals surface area (Å²) in [5, 5.41) is 0. The number of nitrogens with two attached hydrogens (primary N) is 1. The summed E-state index contributed by atoms with van der Waals surface area (Å²) in [6, 6.07) is 0. The van der Waals surface area contributed by atoms with Crippen molar-refractivity contribution >= 4 is 5.78 Å². The van der Waals surface area contributed by atoms with E-state index in [0.717, 1.165) is 19.3 Å². The van der Waals surface area contributed by atoms with E-state index in [4.69, 9.17) is 5.73 Å². The highest BCUT2D eigenvalue weighted by atomic mass is 16.1. The number of rotatable bonds is 3. The zero-order valence-corrected chi connectivity index (χ0v) is 9.02. The number of carbonyl (C=O) groups is 1. The van der Waals surface area contributed by atoms with Crippen molar-refractivity contribution in [3.05, 3.63) is 0 Å². The van der Waals surface area contributed by atoms with E-state index in [2.05, 4.69) is 6.92 Å². The molecule has 1 atom stereocenters. The fourth-order valence-electron chi connectivity index (χ4n) is 2.70. The summed E-state index contributed by atoms with van der Waals surface area (Å²) in [6.45, 7) is 5.82. The van der Waals surface area contributed by atoms with Crippen LogP contribution in [0, 0.1) is 5.41 Å². The predicted molar refractivity (Wildman–Crippen MR) is 54.5 cm³/mol. The highest BCUT2D eigenvalue weighted by molar-refractivity contribution is 5.86. The Bertz CT molecular complexity index is 206. The molecule has 1 rings (SSSR count). The molecule has 0 aromatic rings. The van der Waals surface area contributed by atoms with Crippen LogP contribution >= 0.6 is 0 Å². The van der Waals surface area contributed by atoms with E-state index >= 15 is 0 Å². The third-order valence-electron chi connectivity index (χ3n) is 3.97. The summed E-state index contributed by atoms with van der Waals surface area (Å²) >= 11 is 0. The third-order valence-corrected chi connectivity index (χ3v) is 3.97. The van der Waals surface area contributed by atoms with Gasteiger partial charge in [-0.05, 0) is 31.6 Å². The Balaban J connectivity index is 2.92. The van der Waals surface area contributed by atoms with Crippen molar-refractivity contribution < 1.29 is 4.79 Å². The van der Waals surface area contributed by atoms with E-state index in [-0.39, 0.29) is 11.2 Å². The van der Waals surface area contributed by atoms with Crippen LogP contribution in [0.1, 0.15) is 52.9 Å². The molecule has 1 saturated carbocycles. The SMILES string of the molecule is CCC(N)(C(C)=O)C1(C)CCCC1. The van der Waals surface area contributed by atoms with Gasteiger partial charge < -0.3 is 5.73 Å². The third kappa shape index (κ3) is 1.52. The van der Waals surface area contributed by atoms with Crippen molar-refractivity contribution in [2.75, 3.05) is 0 Å². The average molecular weight is 183 g/mol. The second-order valence-corrected chi connectivity index (χ2v) is 4.65. The van der Waals surface area contributed by atoms with Gasteiger partial charge in [0, 0.05) is 0 Å². The highest BCUT2D eigenvalue weighted by Gasteiger charge is 2.48. The maximum absolute atomic E-state index is 11.6. The topological polar surface area (TPSA) is 43.1 Å². The van der Waals surface area contributed by atoms with Crippen LogP contribution in [0.25, 0.3) is 0 Å². The fraction of sp³-hybridized carbons (Fsp3) is 0.909. The van der Waals surface area contributed by atoms with Crippen LogP contribution in [-0.2, 0) is 4.79 Å². The first kappa shape index (κ1) is 10.7. The van der Waals surface area contributed by atoms with Crippen LogP contribution in [0.15, 0.2) is 0 Å². The molecule has 0 bridgehead atoms. The summed E-state index contributed by atoms with van der Waals surface area (Å²) in [5.74, 6) is 0.152. The van der Waals surface area contributed by atoms with Crippen molar-refractivity contribution in [1.29, 1.82) is 0 Å². The minimum Gasteiger partial charge on any atom is -0.319 e. The largest absolute Gasteiger partial charge is 0.319 e. The van der Waals surface area contributed by atoms with Crippen LogP contribution in [0.5, 0.6) is 0 Å². The maximum atomic E-state index is 11.6. The molecule has 0 saturated heterocycles. The number of ketones is 1. The standard InChI is InChI=1S/C11H21NO/c1-4-11(12,9(2)13)10(3)7-5-6-8-10/h4-8,12H2,1-3H3. The van der Waals surface area contributed by atoms with Crippen LogP contribution in [0.4, 0.5) is 0 Å². The summed E-state index contributed by atoms with van der Waals surface area (Å²) in [4.78, 5) is 11.6. The van der Waals surface area contributed by atoms with E-state index in [9.17, 15) is 4.79 Å². The quantitative estimate of drug-likeness (QED) is 0.729. The molecule has 2 N–H and O–H groups in total. The normalized spacial score (nSPS) is 25.5. The molecule has 13 heavy (non-hydrogen) atoms. The van der Waals surface area contributed by atoms with E-state index in [0.29, 0.717) is 0 Å². The van der Waals surface area contributed by atoms with Gasteiger partial charge in [0.15, 0.2) is 0 Å². The molecule has 2 nitrogen and oxygen atoms in total. The Hall–Kier alpha value is -0.370. The van der Waals surface area contributed by atoms with Crippen molar-refractivity contribution in [2.45, 2.75) is 58.4 Å². The number of Topliss-reactive ketones (excluding diaryl/α,β-unsaturated/α-hetero) is 1. The van der Waals surface area contributed by atoms with Gasteiger partial charge in [0.25, 0.3) is 0 Å². The van der Waals surface area contributed by atoms with Crippen molar-refractivity contribution in [1.82, 2.24) is 0 Å². The van der Waals surface area contributed by atoms with Gasteiger partial charge in [-0.1, -0.05) is 26.7 Å². The second kappa shape index (κ2) is 3.41. The lowest BCUT2D eigenvalue weighted by molar-refractivity contribution is -0.126. The Morgan fingerprint density at radius 3 is 2.23 bits per heavy atom. The summed E-state index contributed by atoms with van der Waals surface area (Å²) in [6.07, 6.45) is 5.43. The maximum Gasteiger partial charge on any atom is 0.150 e. The molecule has 1 unspecified atom stereocenters. The summed E-state index contributed by atoms with van der Waals surface area (Å²) in [7, 11) is 0. The van der Waals surface area contributed by atoms with E-state index in [1.807, 2.05) is 6.92 Å². The Morgan fingerprint density at radius 2 is 1.92 bits per heavy atom. The summed E-state index contributed by atoms with van der Waals surface area (Å²) < 4.78 is 0. The number of carbonyl (C=O) groups excluding carboxylic acids is 1. The van der Waals surface area contributed by atoms with Gasteiger partial charge in [0.1, 0.15) is 5.78 Å². The number of hydrogen-bond donors (Lipinski definition) is 1. The molecule has 0 spiro atoms. The lowest BCUT2D eigenvalue weighted by Crippen LogP contribution is -2.57. The van der Waals surface area contributed by atoms with Gasteiger partial charge in [0.05, 0.1) is 5.54 Å². The van der Waals surface area contributed by atoms with Gasteiger partial charge in [0.2, 0.25) is 0 Å². The first-order chi connectivity index (χ1) is 5.96. The lowest BCUT2D eigenvalue weighted by atomic mass is 9.66. The van der Waals surface area contributed by atoms with Gasteiger partial charge >= 0.3 is 0 Å². The fourth-order valence-corrected chi connectivity index (χ4v) is 2.70. The highest BCUT2D eigenvalue weighted by Crippen LogP contribution is 2.46. The Labute approximate surface area is 80.9 Å². The van der Waals surface area contributed by atoms with Gasteiger partial charge in [-0.25, -0.2) is 0 Å². The average Bonchev–Trinajstić information content (AvgIpc) is 2.51. The molecule has 1 fully saturated rings. The second-order valence-electron chi connectivity index (χ2n) is 4.65. The van der Waals surface area contributed by atoms with Crippen LogP contribution in [0.2, 0.25) is 0 Å². The minimum absolute atomic E-state index is 0.0492. The molecule has 76 valence electrons. The van der Waals surface area contributed by atoms with Crippen LogP contribution < -0.4 is 5.73 Å². The predicted octanol–water partition coefficient (Wildman–Crippen LogP) is 2.26. The molecule has 0 aromatic carbocycles. The smallest absolute Gasteiger partial charge is 0.150 e. The van der Waals surface area contributed by atoms with E-state index in [1.165, 1.54) is 12.8 Å². The molecule has 0 amide bonds. The van der Waals surface area contributed by atoms with E-state index in [1.54, 1.807) is 6.92 Å². The van der Waals surface area contributed by atoms with Crippen LogP contribution in [-0.4, -0.2) is 11.3 Å². The lowest BCUT2D eigenvalue weighted by Gasteiger charge is -2.41. The monoisotopic (exact) mass is 183 g/mol. The molecule has 0 aliphatic heterocycles. The molecule has 0 radical (unpaired) electrons. The first-order valence-corrected chi connectivity index (χ1v) is 5.26.